The Hall–Kier alpha value is -2.66. The van der Waals surface area contributed by atoms with Crippen LogP contribution < -0.4 is 19.5 Å². The molecule has 1 aromatic carbocycles. The molecule has 1 aliphatic carbocycles. The van der Waals surface area contributed by atoms with E-state index in [1.807, 2.05) is 0 Å². The largest absolute Gasteiger partial charge is 0.493 e. The lowest BCUT2D eigenvalue weighted by molar-refractivity contribution is -0.123. The summed E-state index contributed by atoms with van der Waals surface area (Å²) in [5.41, 5.74) is -0.671. The van der Waals surface area contributed by atoms with Crippen molar-refractivity contribution >= 4 is 15.9 Å². The number of hydrogen-bond donors (Lipinski definition) is 2. The number of aromatic nitrogens is 2. The Balaban J connectivity index is 1.62. The second-order valence-electron chi connectivity index (χ2n) is 7.49. The Morgan fingerprint density at radius 1 is 1.16 bits per heavy atom. The minimum absolute atomic E-state index is 0.0227. The van der Waals surface area contributed by atoms with Crippen LogP contribution >= 0.6 is 0 Å². The van der Waals surface area contributed by atoms with Gasteiger partial charge in [-0.05, 0) is 25.0 Å². The monoisotopic (exact) mass is 452 g/mol. The predicted molar refractivity (Wildman–Crippen MR) is 111 cm³/mol. The van der Waals surface area contributed by atoms with Gasteiger partial charge in [-0.3, -0.25) is 4.79 Å². The molecule has 3 rings (SSSR count). The fourth-order valence-corrected chi connectivity index (χ4v) is 4.80. The summed E-state index contributed by atoms with van der Waals surface area (Å²) < 4.78 is 43.0. The van der Waals surface area contributed by atoms with Gasteiger partial charge in [-0.15, -0.1) is 0 Å². The second kappa shape index (κ2) is 9.65. The molecule has 0 unspecified atom stereocenters. The minimum Gasteiger partial charge on any atom is -0.493 e. The molecular formula is C20H28N4O6S. The second-order valence-corrected chi connectivity index (χ2v) is 9.26. The molecule has 0 saturated heterocycles. The van der Waals surface area contributed by atoms with E-state index in [1.165, 1.54) is 32.4 Å². The van der Waals surface area contributed by atoms with Crippen LogP contribution in [0.15, 0.2) is 27.6 Å². The molecule has 1 saturated carbocycles. The standard InChI is InChI=1S/C20H28N4O6S/c1-14-22-19(24-30-14)20(10-5-4-6-11-20)23-18(25)9-12-21-31(26,27)15-7-8-16(28-2)17(13-15)29-3/h7-8,13,21H,4-6,9-12H2,1-3H3,(H,23,25). The van der Waals surface area contributed by atoms with E-state index in [9.17, 15) is 13.2 Å². The van der Waals surface area contributed by atoms with E-state index in [0.29, 0.717) is 23.2 Å². The number of methoxy groups -OCH3 is 2. The third-order valence-electron chi connectivity index (χ3n) is 5.35. The molecule has 0 bridgehead atoms. The Morgan fingerprint density at radius 3 is 2.48 bits per heavy atom. The summed E-state index contributed by atoms with van der Waals surface area (Å²) in [6, 6.07) is 4.30. The summed E-state index contributed by atoms with van der Waals surface area (Å²) in [5.74, 6) is 1.37. The first kappa shape index (κ1) is 23.0. The van der Waals surface area contributed by atoms with E-state index in [0.717, 1.165) is 32.1 Å². The number of benzene rings is 1. The molecular weight excluding hydrogens is 424 g/mol. The van der Waals surface area contributed by atoms with Crippen molar-refractivity contribution in [1.29, 1.82) is 0 Å². The topological polar surface area (TPSA) is 133 Å². The van der Waals surface area contributed by atoms with E-state index in [4.69, 9.17) is 14.0 Å². The van der Waals surface area contributed by atoms with Crippen molar-refractivity contribution in [1.82, 2.24) is 20.2 Å². The number of sulfonamides is 1. The average molecular weight is 453 g/mol. The Bertz CT molecular complexity index is 1010. The molecule has 0 spiro atoms. The summed E-state index contributed by atoms with van der Waals surface area (Å²) in [6.07, 6.45) is 4.38. The smallest absolute Gasteiger partial charge is 0.240 e. The van der Waals surface area contributed by atoms with Crippen LogP contribution in [0.5, 0.6) is 11.5 Å². The Morgan fingerprint density at radius 2 is 1.87 bits per heavy atom. The van der Waals surface area contributed by atoms with Crippen molar-refractivity contribution in [3.63, 3.8) is 0 Å². The number of hydrogen-bond acceptors (Lipinski definition) is 8. The van der Waals surface area contributed by atoms with Gasteiger partial charge in [0, 0.05) is 26.0 Å². The van der Waals surface area contributed by atoms with Gasteiger partial charge in [0.2, 0.25) is 21.8 Å². The van der Waals surface area contributed by atoms with E-state index in [1.54, 1.807) is 6.92 Å². The van der Waals surface area contributed by atoms with Crippen LogP contribution in [0.3, 0.4) is 0 Å². The molecule has 1 amide bonds. The van der Waals surface area contributed by atoms with Crippen molar-refractivity contribution in [2.45, 2.75) is 55.9 Å². The number of nitrogens with one attached hydrogen (secondary N) is 2. The summed E-state index contributed by atoms with van der Waals surface area (Å²) in [7, 11) is -0.917. The molecule has 31 heavy (non-hydrogen) atoms. The average Bonchev–Trinajstić information content (AvgIpc) is 3.20. The highest BCUT2D eigenvalue weighted by Crippen LogP contribution is 2.35. The fourth-order valence-electron chi connectivity index (χ4n) is 3.75. The molecule has 2 N–H and O–H groups in total. The van der Waals surface area contributed by atoms with Gasteiger partial charge in [0.15, 0.2) is 17.3 Å². The SMILES string of the molecule is COc1ccc(S(=O)(=O)NCCC(=O)NC2(c3noc(C)n3)CCCCC2)cc1OC. The van der Waals surface area contributed by atoms with E-state index >= 15 is 0 Å². The minimum atomic E-state index is -3.82. The number of carbonyl (C=O) groups excluding carboxylic acids is 1. The van der Waals surface area contributed by atoms with Crippen LogP contribution in [0.2, 0.25) is 0 Å². The van der Waals surface area contributed by atoms with Gasteiger partial charge in [0.1, 0.15) is 5.54 Å². The Labute approximate surface area is 181 Å². The lowest BCUT2D eigenvalue weighted by Gasteiger charge is -2.35. The molecule has 2 aromatic rings. The summed E-state index contributed by atoms with van der Waals surface area (Å²) >= 11 is 0. The number of rotatable bonds is 9. The number of carbonyl (C=O) groups is 1. The van der Waals surface area contributed by atoms with Gasteiger partial charge in [0.25, 0.3) is 0 Å². The van der Waals surface area contributed by atoms with Crippen molar-refractivity contribution < 1.29 is 27.2 Å². The van der Waals surface area contributed by atoms with Gasteiger partial charge in [-0.1, -0.05) is 24.4 Å². The maximum Gasteiger partial charge on any atom is 0.240 e. The van der Waals surface area contributed by atoms with Crippen LogP contribution in [0.4, 0.5) is 0 Å². The third-order valence-corrected chi connectivity index (χ3v) is 6.81. The molecule has 1 heterocycles. The highest BCUT2D eigenvalue weighted by molar-refractivity contribution is 7.89. The first-order valence-corrected chi connectivity index (χ1v) is 11.6. The van der Waals surface area contributed by atoms with Crippen LogP contribution in [-0.4, -0.2) is 45.2 Å². The van der Waals surface area contributed by atoms with Crippen LogP contribution in [0.1, 0.15) is 50.2 Å². The Kier molecular flexibility index (Phi) is 7.16. The van der Waals surface area contributed by atoms with Crippen LogP contribution in [0.25, 0.3) is 0 Å². The lowest BCUT2D eigenvalue weighted by Crippen LogP contribution is -2.48. The third kappa shape index (κ3) is 5.34. The molecule has 1 aromatic heterocycles. The van der Waals surface area contributed by atoms with Crippen molar-refractivity contribution in [2.24, 2.45) is 0 Å². The number of aryl methyl sites for hydroxylation is 1. The molecule has 0 radical (unpaired) electrons. The van der Waals surface area contributed by atoms with Gasteiger partial charge in [-0.25, -0.2) is 13.1 Å². The number of amides is 1. The molecule has 1 fully saturated rings. The molecule has 1 aliphatic rings. The van der Waals surface area contributed by atoms with E-state index in [2.05, 4.69) is 20.2 Å². The maximum absolute atomic E-state index is 12.6. The highest BCUT2D eigenvalue weighted by atomic mass is 32.2. The zero-order valence-corrected chi connectivity index (χ0v) is 18.8. The van der Waals surface area contributed by atoms with Crippen LogP contribution in [0, 0.1) is 6.92 Å². The predicted octanol–water partition coefficient (Wildman–Crippen LogP) is 2.04. The first-order chi connectivity index (χ1) is 14.8. The summed E-state index contributed by atoms with van der Waals surface area (Å²) in [5, 5.41) is 7.05. The van der Waals surface area contributed by atoms with Crippen molar-refractivity contribution in [3.05, 3.63) is 29.9 Å². The lowest BCUT2D eigenvalue weighted by atomic mass is 9.81. The number of nitrogens with zero attached hydrogens (tertiary/aromatic N) is 2. The zero-order chi connectivity index (χ0) is 22.5. The normalized spacial score (nSPS) is 16.0. The van der Waals surface area contributed by atoms with Gasteiger partial charge < -0.3 is 19.3 Å². The fraction of sp³-hybridized carbons (Fsp3) is 0.550. The number of ether oxygens (including phenoxy) is 2. The van der Waals surface area contributed by atoms with Gasteiger partial charge >= 0.3 is 0 Å². The molecule has 10 nitrogen and oxygen atoms in total. The summed E-state index contributed by atoms with van der Waals surface area (Å²) in [4.78, 5) is 17.0. The highest BCUT2D eigenvalue weighted by Gasteiger charge is 2.39. The van der Waals surface area contributed by atoms with Crippen LogP contribution in [-0.2, 0) is 20.4 Å². The van der Waals surface area contributed by atoms with E-state index < -0.39 is 15.6 Å². The van der Waals surface area contributed by atoms with Crippen molar-refractivity contribution in [2.75, 3.05) is 20.8 Å². The van der Waals surface area contributed by atoms with E-state index in [-0.39, 0.29) is 23.8 Å². The van der Waals surface area contributed by atoms with Gasteiger partial charge in [-0.2, -0.15) is 4.98 Å². The quantitative estimate of drug-likeness (QED) is 0.591. The molecule has 11 heteroatoms. The maximum atomic E-state index is 12.6. The molecule has 0 aliphatic heterocycles. The molecule has 0 atom stereocenters. The van der Waals surface area contributed by atoms with Gasteiger partial charge in [0.05, 0.1) is 19.1 Å². The zero-order valence-electron chi connectivity index (χ0n) is 17.9. The summed E-state index contributed by atoms with van der Waals surface area (Å²) in [6.45, 7) is 1.65. The molecule has 170 valence electrons. The van der Waals surface area contributed by atoms with Crippen molar-refractivity contribution in [3.8, 4) is 11.5 Å². The first-order valence-electron chi connectivity index (χ1n) is 10.1.